The predicted octanol–water partition coefficient (Wildman–Crippen LogP) is 4.12. The summed E-state index contributed by atoms with van der Waals surface area (Å²) in [5, 5.41) is 3.98. The van der Waals surface area contributed by atoms with Crippen LogP contribution in [-0.4, -0.2) is 16.1 Å². The van der Waals surface area contributed by atoms with Crippen LogP contribution in [0.25, 0.3) is 0 Å². The molecule has 134 valence electrons. The number of rotatable bonds is 6. The molecule has 0 atom stereocenters. The van der Waals surface area contributed by atoms with Gasteiger partial charge in [0.1, 0.15) is 5.75 Å². The molecule has 0 N–H and O–H groups in total. The van der Waals surface area contributed by atoms with Crippen molar-refractivity contribution in [3.63, 3.8) is 0 Å². The summed E-state index contributed by atoms with van der Waals surface area (Å²) in [4.78, 5) is 16.5. The molecule has 1 aromatic heterocycles. The predicted molar refractivity (Wildman–Crippen MR) is 98.2 cm³/mol. The maximum atomic E-state index is 12.2. The van der Waals surface area contributed by atoms with Gasteiger partial charge in [0.05, 0.1) is 6.42 Å². The van der Waals surface area contributed by atoms with Crippen molar-refractivity contribution in [2.45, 2.75) is 40.0 Å². The van der Waals surface area contributed by atoms with E-state index >= 15 is 0 Å². The molecular formula is C21H22N2O3. The third-order valence-electron chi connectivity index (χ3n) is 4.35. The fraction of sp³-hybridized carbons (Fsp3) is 0.286. The molecule has 0 bridgehead atoms. The Morgan fingerprint density at radius 2 is 1.77 bits per heavy atom. The molecule has 0 saturated carbocycles. The van der Waals surface area contributed by atoms with E-state index in [1.807, 2.05) is 63.2 Å². The van der Waals surface area contributed by atoms with E-state index in [-0.39, 0.29) is 12.4 Å². The number of nitrogens with zero attached hydrogens (tertiary/aromatic N) is 2. The molecule has 5 heteroatoms. The zero-order valence-corrected chi connectivity index (χ0v) is 15.3. The first-order valence-electron chi connectivity index (χ1n) is 8.66. The number of hydrogen-bond acceptors (Lipinski definition) is 5. The van der Waals surface area contributed by atoms with Crippen molar-refractivity contribution in [2.24, 2.45) is 0 Å². The van der Waals surface area contributed by atoms with E-state index in [1.165, 1.54) is 0 Å². The lowest BCUT2D eigenvalue weighted by atomic mass is 10.1. The van der Waals surface area contributed by atoms with Gasteiger partial charge in [0.15, 0.2) is 5.82 Å². The van der Waals surface area contributed by atoms with Crippen molar-refractivity contribution in [2.75, 3.05) is 0 Å². The minimum absolute atomic E-state index is 0.194. The van der Waals surface area contributed by atoms with E-state index in [2.05, 4.69) is 10.1 Å². The second-order valence-corrected chi connectivity index (χ2v) is 6.39. The molecule has 0 radical (unpaired) electrons. The van der Waals surface area contributed by atoms with Crippen LogP contribution >= 0.6 is 0 Å². The fourth-order valence-electron chi connectivity index (χ4n) is 2.70. The summed E-state index contributed by atoms with van der Waals surface area (Å²) in [5.41, 5.74) is 4.15. The quantitative estimate of drug-likeness (QED) is 0.494. The summed E-state index contributed by atoms with van der Waals surface area (Å²) in [7, 11) is 0. The lowest BCUT2D eigenvalue weighted by Gasteiger charge is -2.12. The largest absolute Gasteiger partial charge is 0.426 e. The van der Waals surface area contributed by atoms with Gasteiger partial charge in [-0.3, -0.25) is 4.79 Å². The topological polar surface area (TPSA) is 65.2 Å². The summed E-state index contributed by atoms with van der Waals surface area (Å²) in [5.74, 6) is 1.41. The van der Waals surface area contributed by atoms with Gasteiger partial charge in [-0.25, -0.2) is 0 Å². The van der Waals surface area contributed by atoms with E-state index in [1.54, 1.807) is 0 Å². The SMILES string of the molecule is Cc1ccc(C)c(OC(=O)CCc2nc(Cc3ccccc3)no2)c1C. The Kier molecular flexibility index (Phi) is 5.46. The van der Waals surface area contributed by atoms with Gasteiger partial charge in [0.2, 0.25) is 5.89 Å². The molecule has 0 fully saturated rings. The highest BCUT2D eigenvalue weighted by Gasteiger charge is 2.14. The minimum atomic E-state index is -0.301. The van der Waals surface area contributed by atoms with Crippen LogP contribution in [0.15, 0.2) is 47.0 Å². The van der Waals surface area contributed by atoms with Crippen LogP contribution < -0.4 is 4.74 Å². The Hall–Kier alpha value is -2.95. The Morgan fingerprint density at radius 3 is 2.54 bits per heavy atom. The lowest BCUT2D eigenvalue weighted by molar-refractivity contribution is -0.134. The zero-order valence-electron chi connectivity index (χ0n) is 15.3. The standard InChI is InChI=1S/C21H22N2O3/c1-14-9-10-15(2)21(16(14)3)25-20(24)12-11-19-22-18(23-26-19)13-17-7-5-4-6-8-17/h4-10H,11-13H2,1-3H3. The normalized spacial score (nSPS) is 10.7. The molecule has 0 aliphatic heterocycles. The highest BCUT2D eigenvalue weighted by Crippen LogP contribution is 2.26. The summed E-state index contributed by atoms with van der Waals surface area (Å²) in [6.45, 7) is 5.89. The smallest absolute Gasteiger partial charge is 0.311 e. The monoisotopic (exact) mass is 350 g/mol. The number of carbonyl (C=O) groups is 1. The van der Waals surface area contributed by atoms with Gasteiger partial charge in [0.25, 0.3) is 0 Å². The maximum absolute atomic E-state index is 12.2. The summed E-state index contributed by atoms with van der Waals surface area (Å²) >= 11 is 0. The van der Waals surface area contributed by atoms with Gasteiger partial charge in [-0.05, 0) is 43.0 Å². The van der Waals surface area contributed by atoms with Crippen molar-refractivity contribution in [1.82, 2.24) is 10.1 Å². The number of esters is 1. The summed E-state index contributed by atoms with van der Waals surface area (Å²) in [6, 6.07) is 13.9. The highest BCUT2D eigenvalue weighted by molar-refractivity contribution is 5.73. The van der Waals surface area contributed by atoms with E-state index in [4.69, 9.17) is 9.26 Å². The Balaban J connectivity index is 1.56. The van der Waals surface area contributed by atoms with Crippen LogP contribution in [0.5, 0.6) is 5.75 Å². The third kappa shape index (κ3) is 4.36. The van der Waals surface area contributed by atoms with E-state index in [0.717, 1.165) is 22.3 Å². The van der Waals surface area contributed by atoms with Gasteiger partial charge in [-0.15, -0.1) is 0 Å². The summed E-state index contributed by atoms with van der Waals surface area (Å²) < 4.78 is 10.8. The fourth-order valence-corrected chi connectivity index (χ4v) is 2.70. The van der Waals surface area contributed by atoms with E-state index < -0.39 is 0 Å². The maximum Gasteiger partial charge on any atom is 0.311 e. The second kappa shape index (κ2) is 7.95. The number of aryl methyl sites for hydroxylation is 3. The third-order valence-corrected chi connectivity index (χ3v) is 4.35. The molecule has 0 amide bonds. The van der Waals surface area contributed by atoms with Crippen molar-refractivity contribution in [3.05, 3.63) is 76.4 Å². The second-order valence-electron chi connectivity index (χ2n) is 6.39. The van der Waals surface area contributed by atoms with Gasteiger partial charge < -0.3 is 9.26 Å². The van der Waals surface area contributed by atoms with Crippen LogP contribution in [0.2, 0.25) is 0 Å². The van der Waals surface area contributed by atoms with Crippen LogP contribution in [0.4, 0.5) is 0 Å². The summed E-state index contributed by atoms with van der Waals surface area (Å²) in [6.07, 6.45) is 1.17. The molecule has 0 spiro atoms. The molecule has 3 rings (SSSR count). The van der Waals surface area contributed by atoms with Crippen LogP contribution in [0, 0.1) is 20.8 Å². The Morgan fingerprint density at radius 1 is 1.04 bits per heavy atom. The first-order chi connectivity index (χ1) is 12.5. The molecule has 0 saturated heterocycles. The molecule has 5 nitrogen and oxygen atoms in total. The van der Waals surface area contributed by atoms with Crippen molar-refractivity contribution in [3.8, 4) is 5.75 Å². The van der Waals surface area contributed by atoms with Crippen molar-refractivity contribution in [1.29, 1.82) is 0 Å². The first-order valence-corrected chi connectivity index (χ1v) is 8.66. The molecule has 0 unspecified atom stereocenters. The average Bonchev–Trinajstić information content (AvgIpc) is 3.08. The highest BCUT2D eigenvalue weighted by atomic mass is 16.5. The minimum Gasteiger partial charge on any atom is -0.426 e. The van der Waals surface area contributed by atoms with Crippen molar-refractivity contribution >= 4 is 5.97 Å². The van der Waals surface area contributed by atoms with Crippen LogP contribution in [0.3, 0.4) is 0 Å². The van der Waals surface area contributed by atoms with Gasteiger partial charge in [-0.2, -0.15) is 4.98 Å². The number of aromatic nitrogens is 2. The lowest BCUT2D eigenvalue weighted by Crippen LogP contribution is -2.11. The first kappa shape index (κ1) is 17.9. The molecule has 26 heavy (non-hydrogen) atoms. The van der Waals surface area contributed by atoms with E-state index in [9.17, 15) is 4.79 Å². The van der Waals surface area contributed by atoms with E-state index in [0.29, 0.717) is 30.3 Å². The zero-order chi connectivity index (χ0) is 18.5. The van der Waals surface area contributed by atoms with Gasteiger partial charge in [0, 0.05) is 12.8 Å². The van der Waals surface area contributed by atoms with Gasteiger partial charge >= 0.3 is 5.97 Å². The molecule has 2 aromatic carbocycles. The molecule has 3 aromatic rings. The molecule has 0 aliphatic rings. The Bertz CT molecular complexity index is 901. The molecular weight excluding hydrogens is 328 g/mol. The number of benzene rings is 2. The molecule has 1 heterocycles. The number of ether oxygens (including phenoxy) is 1. The van der Waals surface area contributed by atoms with Crippen LogP contribution in [0.1, 0.15) is 40.4 Å². The van der Waals surface area contributed by atoms with Crippen molar-refractivity contribution < 1.29 is 14.1 Å². The Labute approximate surface area is 153 Å². The average molecular weight is 350 g/mol. The number of hydrogen-bond donors (Lipinski definition) is 0. The number of carbonyl (C=O) groups excluding carboxylic acids is 1. The molecule has 0 aliphatic carbocycles. The van der Waals surface area contributed by atoms with Gasteiger partial charge in [-0.1, -0.05) is 47.6 Å². The van der Waals surface area contributed by atoms with Crippen LogP contribution in [-0.2, 0) is 17.6 Å².